The van der Waals surface area contributed by atoms with Gasteiger partial charge in [-0.25, -0.2) is 10.4 Å². The Hall–Kier alpha value is -2.67. The second-order valence-corrected chi connectivity index (χ2v) is 1.70. The SMILES string of the molecule is N#CNNC=O.N#Cc1cnccn1. The zero-order valence-corrected chi connectivity index (χ0v) is 7.01. The quantitative estimate of drug-likeness (QED) is 0.204. The van der Waals surface area contributed by atoms with Gasteiger partial charge < -0.3 is 0 Å². The van der Waals surface area contributed by atoms with Crippen molar-refractivity contribution in [2.45, 2.75) is 0 Å². The van der Waals surface area contributed by atoms with Crippen molar-refractivity contribution in [2.75, 3.05) is 0 Å². The molecule has 70 valence electrons. The summed E-state index contributed by atoms with van der Waals surface area (Å²) in [6.07, 6.45) is 6.28. The average Bonchev–Trinajstić information content (AvgIpc) is 2.28. The van der Waals surface area contributed by atoms with Gasteiger partial charge >= 0.3 is 0 Å². The van der Waals surface area contributed by atoms with Gasteiger partial charge in [-0.3, -0.25) is 15.2 Å². The summed E-state index contributed by atoms with van der Waals surface area (Å²) in [5, 5.41) is 15.8. The maximum Gasteiger partial charge on any atom is 0.226 e. The lowest BCUT2D eigenvalue weighted by Gasteiger charge is -1.82. The van der Waals surface area contributed by atoms with Crippen molar-refractivity contribution in [3.8, 4) is 12.3 Å². The summed E-state index contributed by atoms with van der Waals surface area (Å²) in [7, 11) is 0. The van der Waals surface area contributed by atoms with E-state index < -0.39 is 0 Å². The monoisotopic (exact) mass is 190 g/mol. The Morgan fingerprint density at radius 3 is 2.50 bits per heavy atom. The van der Waals surface area contributed by atoms with E-state index in [1.54, 1.807) is 0 Å². The van der Waals surface area contributed by atoms with Crippen LogP contribution in [0.4, 0.5) is 0 Å². The van der Waals surface area contributed by atoms with E-state index in [9.17, 15) is 4.79 Å². The molecule has 1 aromatic heterocycles. The molecule has 1 rings (SSSR count). The molecule has 0 fully saturated rings. The third-order valence-corrected chi connectivity index (χ3v) is 0.865. The van der Waals surface area contributed by atoms with Crippen LogP contribution in [0.15, 0.2) is 18.6 Å². The third kappa shape index (κ3) is 6.07. The number of hydrazine groups is 1. The van der Waals surface area contributed by atoms with Crippen LogP contribution in [0.1, 0.15) is 5.69 Å². The summed E-state index contributed by atoms with van der Waals surface area (Å²) in [4.78, 5) is 16.6. The minimum absolute atomic E-state index is 0.354. The number of rotatable bonds is 2. The Bertz CT molecular complexity index is 337. The average molecular weight is 190 g/mol. The van der Waals surface area contributed by atoms with Gasteiger partial charge in [-0.1, -0.05) is 0 Å². The number of nitriles is 2. The summed E-state index contributed by atoms with van der Waals surface area (Å²) in [6.45, 7) is 0. The topological polar surface area (TPSA) is 114 Å². The molecule has 0 spiro atoms. The van der Waals surface area contributed by atoms with Gasteiger partial charge in [-0.05, 0) is 0 Å². The molecule has 0 aliphatic carbocycles. The Balaban J connectivity index is 0.000000255. The number of hydrogen-bond acceptors (Lipinski definition) is 6. The molecule has 0 saturated carbocycles. The standard InChI is InChI=1S/C5H3N3.C2H3N3O/c6-3-5-4-7-1-2-8-5;3-1-4-5-2-6/h1-2,4H;2,4H,(H,5,6). The molecule has 1 heterocycles. The molecule has 0 bridgehead atoms. The van der Waals surface area contributed by atoms with E-state index >= 15 is 0 Å². The van der Waals surface area contributed by atoms with Gasteiger partial charge in [-0.2, -0.15) is 10.5 Å². The lowest BCUT2D eigenvalue weighted by Crippen LogP contribution is -2.24. The molecule has 1 aromatic rings. The van der Waals surface area contributed by atoms with E-state index in [0.717, 1.165) is 0 Å². The largest absolute Gasteiger partial charge is 0.277 e. The Morgan fingerprint density at radius 2 is 2.21 bits per heavy atom. The van der Waals surface area contributed by atoms with Crippen LogP contribution in [0, 0.1) is 22.8 Å². The van der Waals surface area contributed by atoms with Crippen LogP contribution in [-0.4, -0.2) is 16.4 Å². The molecule has 0 unspecified atom stereocenters. The molecule has 0 aliphatic heterocycles. The van der Waals surface area contributed by atoms with Gasteiger partial charge in [-0.15, -0.1) is 0 Å². The first-order chi connectivity index (χ1) is 6.85. The van der Waals surface area contributed by atoms with Crippen molar-refractivity contribution >= 4 is 6.41 Å². The second-order valence-electron chi connectivity index (χ2n) is 1.70. The number of nitrogens with one attached hydrogen (secondary N) is 2. The highest BCUT2D eigenvalue weighted by atomic mass is 16.1. The molecule has 2 N–H and O–H groups in total. The van der Waals surface area contributed by atoms with Crippen LogP contribution < -0.4 is 10.9 Å². The Labute approximate surface area is 80.0 Å². The maximum atomic E-state index is 9.24. The second kappa shape index (κ2) is 8.43. The number of aromatic nitrogens is 2. The predicted octanol–water partition coefficient (Wildman–Crippen LogP) is -0.934. The van der Waals surface area contributed by atoms with E-state index in [1.165, 1.54) is 24.8 Å². The molecule has 0 aliphatic rings. The molecule has 0 radical (unpaired) electrons. The fourth-order valence-corrected chi connectivity index (χ4v) is 0.419. The van der Waals surface area contributed by atoms with Crippen LogP contribution in [0.3, 0.4) is 0 Å². The van der Waals surface area contributed by atoms with Crippen LogP contribution in [-0.2, 0) is 4.79 Å². The highest BCUT2D eigenvalue weighted by molar-refractivity contribution is 5.45. The Kier molecular flexibility index (Phi) is 6.82. The summed E-state index contributed by atoms with van der Waals surface area (Å²) in [5.74, 6) is 0. The van der Waals surface area contributed by atoms with E-state index in [1.807, 2.05) is 16.9 Å². The van der Waals surface area contributed by atoms with Gasteiger partial charge in [0.05, 0.1) is 6.20 Å². The van der Waals surface area contributed by atoms with Gasteiger partial charge in [0.1, 0.15) is 6.07 Å². The lowest BCUT2D eigenvalue weighted by atomic mass is 10.5. The van der Waals surface area contributed by atoms with Crippen molar-refractivity contribution in [3.63, 3.8) is 0 Å². The first-order valence-corrected chi connectivity index (χ1v) is 3.34. The summed E-state index contributed by atoms with van der Waals surface area (Å²) in [6, 6.07) is 1.85. The first kappa shape index (κ1) is 11.3. The summed E-state index contributed by atoms with van der Waals surface area (Å²) in [5.41, 5.74) is 4.15. The number of amides is 1. The zero-order valence-electron chi connectivity index (χ0n) is 7.01. The fourth-order valence-electron chi connectivity index (χ4n) is 0.419. The molecule has 0 atom stereocenters. The van der Waals surface area contributed by atoms with Crippen molar-refractivity contribution in [2.24, 2.45) is 0 Å². The first-order valence-electron chi connectivity index (χ1n) is 3.34. The minimum atomic E-state index is 0.354. The van der Waals surface area contributed by atoms with Gasteiger partial charge in [0.2, 0.25) is 6.41 Å². The summed E-state index contributed by atoms with van der Waals surface area (Å²) < 4.78 is 0. The van der Waals surface area contributed by atoms with Crippen LogP contribution in [0.5, 0.6) is 0 Å². The molecule has 7 heteroatoms. The van der Waals surface area contributed by atoms with E-state index in [0.29, 0.717) is 12.1 Å². The van der Waals surface area contributed by atoms with E-state index in [-0.39, 0.29) is 0 Å². The molecule has 7 nitrogen and oxygen atoms in total. The normalized spacial score (nSPS) is 6.71. The van der Waals surface area contributed by atoms with Gasteiger partial charge in [0.25, 0.3) is 0 Å². The van der Waals surface area contributed by atoms with E-state index in [4.69, 9.17) is 10.5 Å². The van der Waals surface area contributed by atoms with Gasteiger partial charge in [0, 0.05) is 12.4 Å². The fraction of sp³-hybridized carbons (Fsp3) is 0. The Morgan fingerprint density at radius 1 is 1.43 bits per heavy atom. The van der Waals surface area contributed by atoms with Crippen LogP contribution >= 0.6 is 0 Å². The molecular weight excluding hydrogens is 184 g/mol. The molecule has 1 amide bonds. The van der Waals surface area contributed by atoms with Crippen molar-refractivity contribution in [3.05, 3.63) is 24.3 Å². The highest BCUT2D eigenvalue weighted by Gasteiger charge is 1.82. The number of nitrogens with zero attached hydrogens (tertiary/aromatic N) is 4. The highest BCUT2D eigenvalue weighted by Crippen LogP contribution is 1.82. The summed E-state index contributed by atoms with van der Waals surface area (Å²) >= 11 is 0. The molecule has 0 aromatic carbocycles. The predicted molar refractivity (Wildman–Crippen MR) is 44.7 cm³/mol. The maximum absolute atomic E-state index is 9.24. The van der Waals surface area contributed by atoms with Crippen molar-refractivity contribution < 1.29 is 4.79 Å². The third-order valence-electron chi connectivity index (χ3n) is 0.865. The minimum Gasteiger partial charge on any atom is -0.277 e. The van der Waals surface area contributed by atoms with Crippen LogP contribution in [0.25, 0.3) is 0 Å². The van der Waals surface area contributed by atoms with Crippen molar-refractivity contribution in [1.82, 2.24) is 20.8 Å². The zero-order chi connectivity index (χ0) is 10.6. The number of carbonyl (C=O) groups is 1. The van der Waals surface area contributed by atoms with Gasteiger partial charge in [0.15, 0.2) is 11.9 Å². The molecular formula is C7H6N6O. The number of carbonyl (C=O) groups excluding carboxylic acids is 1. The van der Waals surface area contributed by atoms with E-state index in [2.05, 4.69) is 9.97 Å². The lowest BCUT2D eigenvalue weighted by molar-refractivity contribution is -0.110. The van der Waals surface area contributed by atoms with Crippen LogP contribution in [0.2, 0.25) is 0 Å². The molecule has 0 saturated heterocycles. The molecule has 14 heavy (non-hydrogen) atoms. The number of hydrogen-bond donors (Lipinski definition) is 2. The smallest absolute Gasteiger partial charge is 0.226 e. The van der Waals surface area contributed by atoms with Crippen molar-refractivity contribution in [1.29, 1.82) is 10.5 Å².